The van der Waals surface area contributed by atoms with Crippen LogP contribution in [-0.2, 0) is 174 Å². The number of fused-ring (bicyclic) bond motifs is 6. The number of ether oxygens (including phenoxy) is 22. The summed E-state index contributed by atoms with van der Waals surface area (Å²) in [7, 11) is 0. The molecule has 10 rings (SSSR count). The molecule has 0 aliphatic carbocycles. The van der Waals surface area contributed by atoms with Gasteiger partial charge < -0.3 is 161 Å². The lowest BCUT2D eigenvalue weighted by atomic mass is 9.88. The Kier molecular flexibility index (Phi) is 45.9. The number of aliphatic hydroxyl groups excluding tert-OH is 6. The fourth-order valence-electron chi connectivity index (χ4n) is 14.9. The minimum atomic E-state index is -1.35. The van der Waals surface area contributed by atoms with Crippen molar-refractivity contribution >= 4 is 29.5 Å². The molecule has 11 N–H and O–H groups in total. The van der Waals surface area contributed by atoms with Crippen molar-refractivity contribution in [1.29, 1.82) is 0 Å². The van der Waals surface area contributed by atoms with Gasteiger partial charge in [-0.15, -0.1) is 15.3 Å². The van der Waals surface area contributed by atoms with Crippen LogP contribution in [0.4, 0.5) is 0 Å². The summed E-state index contributed by atoms with van der Waals surface area (Å²) in [6.45, 7) is 11.7. The minimum absolute atomic E-state index is 0.0154. The highest BCUT2D eigenvalue weighted by Gasteiger charge is 2.62. The average molecular weight is 1860 g/mol. The molecule has 6 aliphatic heterocycles. The third-order valence-electron chi connectivity index (χ3n) is 21.7. The van der Waals surface area contributed by atoms with E-state index >= 15 is 0 Å². The molecule has 0 unspecified atom stereocenters. The molecule has 6 fully saturated rings. The molecule has 9 heterocycles. The Hall–Kier alpha value is -7.13. The van der Waals surface area contributed by atoms with E-state index in [0.717, 1.165) is 24.8 Å². The third kappa shape index (κ3) is 35.0. The first-order chi connectivity index (χ1) is 63.2. The summed E-state index contributed by atoms with van der Waals surface area (Å²) in [6, 6.07) is 7.25. The van der Waals surface area contributed by atoms with Crippen molar-refractivity contribution in [1.82, 2.24) is 71.6 Å². The Morgan fingerprint density at radius 1 is 0.385 bits per heavy atom. The van der Waals surface area contributed by atoms with Gasteiger partial charge in [0.05, 0.1) is 263 Å². The van der Waals surface area contributed by atoms with Crippen LogP contribution in [0.15, 0.2) is 48.9 Å². The number of hydrogen-bond acceptors (Lipinski definition) is 39. The number of nitrogens with zero attached hydrogens (tertiary/aromatic N) is 9. The number of amides is 5. The molecule has 15 atom stereocenters. The van der Waals surface area contributed by atoms with E-state index < -0.39 is 114 Å². The first kappa shape index (κ1) is 105. The van der Waals surface area contributed by atoms with Crippen molar-refractivity contribution in [3.8, 4) is 0 Å². The molecule has 0 saturated carbocycles. The van der Waals surface area contributed by atoms with E-state index in [1.807, 2.05) is 30.3 Å². The smallest absolute Gasteiger partial charge is 0.220 e. The van der Waals surface area contributed by atoms with E-state index in [4.69, 9.17) is 104 Å². The van der Waals surface area contributed by atoms with Crippen molar-refractivity contribution in [2.75, 3.05) is 211 Å². The number of hydrogen-bond donors (Lipinski definition) is 11. The van der Waals surface area contributed by atoms with Gasteiger partial charge in [-0.1, -0.05) is 58.8 Å². The second kappa shape index (κ2) is 56.9. The number of rotatable bonds is 72. The summed E-state index contributed by atoms with van der Waals surface area (Å²) in [5.74, 6) is -1.49. The van der Waals surface area contributed by atoms with Gasteiger partial charge in [-0.3, -0.25) is 24.0 Å². The predicted molar refractivity (Wildman–Crippen MR) is 445 cm³/mol. The lowest BCUT2D eigenvalue weighted by molar-refractivity contribution is -0.238. The number of carbonyl (C=O) groups excluding carboxylic acids is 5. The summed E-state index contributed by atoms with van der Waals surface area (Å²) >= 11 is 0. The van der Waals surface area contributed by atoms with Crippen molar-refractivity contribution in [2.45, 2.75) is 214 Å². The van der Waals surface area contributed by atoms with E-state index in [9.17, 15) is 54.6 Å². The van der Waals surface area contributed by atoms with Crippen molar-refractivity contribution in [2.24, 2.45) is 0 Å². The van der Waals surface area contributed by atoms with Crippen molar-refractivity contribution in [3.05, 3.63) is 71.6 Å². The summed E-state index contributed by atoms with van der Waals surface area (Å²) in [4.78, 5) is 61.8. The van der Waals surface area contributed by atoms with E-state index in [0.29, 0.717) is 161 Å². The van der Waals surface area contributed by atoms with Crippen molar-refractivity contribution in [3.63, 3.8) is 0 Å². The van der Waals surface area contributed by atoms with Gasteiger partial charge >= 0.3 is 0 Å². The molecule has 734 valence electrons. The average Bonchev–Trinajstić information content (AvgIpc) is 1.31. The molecule has 0 spiro atoms. The lowest BCUT2D eigenvalue weighted by Gasteiger charge is -2.42. The molecule has 5 amide bonds. The summed E-state index contributed by atoms with van der Waals surface area (Å²) in [5, 5.41) is 104. The van der Waals surface area contributed by atoms with Crippen LogP contribution in [0.2, 0.25) is 0 Å². The number of aliphatic hydroxyl groups is 6. The Bertz CT molecular complexity index is 3560. The van der Waals surface area contributed by atoms with Crippen LogP contribution in [-0.4, -0.2) is 412 Å². The SMILES string of the molecule is CC(=O)N[C@H]1[C@H]2OC[C@](COCCOCCOCCOCCn3cc(COCC(COCc4cn(CCOCCOCCOCCOC[C@@]56CO[C@@H](O5)[C@H](NC(C)=O)[C@@H](O)[C@H]6O)nn4)(COCc4cn(CCOCCOCCOCCOC[C@@]56CO[C@@H](O5)[C@H](NC(C)=O)[C@@H](O)[C@H]6O)nn4)NC(=O)CCCCCNC(=O)CCCCCOCc4ccccc4)nn3)(O2)[C@H](O)[C@@H]1O. The van der Waals surface area contributed by atoms with Crippen LogP contribution in [0.3, 0.4) is 0 Å². The number of aromatic nitrogens is 9. The molecule has 3 aromatic heterocycles. The second-order valence-corrected chi connectivity index (χ2v) is 32.5. The quantitative estimate of drug-likeness (QED) is 0.0188. The van der Waals surface area contributed by atoms with E-state index in [1.54, 1.807) is 32.6 Å². The monoisotopic (exact) mass is 1850 g/mol. The summed E-state index contributed by atoms with van der Waals surface area (Å²) < 4.78 is 133. The van der Waals surface area contributed by atoms with Gasteiger partial charge in [0.1, 0.15) is 94.2 Å². The van der Waals surface area contributed by atoms with Gasteiger partial charge in [0.15, 0.2) is 18.9 Å². The summed E-state index contributed by atoms with van der Waals surface area (Å²) in [5.41, 5.74) is -2.54. The molecule has 47 heteroatoms. The van der Waals surface area contributed by atoms with Crippen LogP contribution < -0.4 is 26.6 Å². The maximum atomic E-state index is 14.3. The standard InChI is InChI=1S/C83H134N14O33/c1-59(98)85-68-71(103)74(106)81(56-125-77(68)128-81)53-119-40-37-115-34-31-112-28-25-109-22-18-95-43-63(89-92-95)47-122-50-80(88-67(102)16-9-5-11-17-84-66(101)15-10-6-12-21-118-46-62-13-7-4-8-14-62,51-123-48-64-44-96(93-90-64)19-23-110-26-29-113-32-35-116-38-41-120-54-82-57-126-78(129-82)69(86-60(2)99)72(104)75(82)107)52-124-49-65-45-97(94-91-65)20-24-111-27-30-114-33-36-117-39-42-121-55-83-58-127-79(130-83)70(87-61(3)100)73(105)76(83)108/h4,7-8,13-14,43-45,68-79,103-108H,5-6,9-12,15-42,46-58H2,1-3H3,(H,84,101)(H,85,98)(H,86,99)(H,87,100)(H,88,102)/t68-,69-,70-,71-,72-,73-,74-,75-,76-,77+,78+,79+,81+,82+,83+/m1/s1. The molecule has 6 aliphatic rings. The van der Waals surface area contributed by atoms with Gasteiger partial charge in [0.25, 0.3) is 0 Å². The lowest BCUT2D eigenvalue weighted by Crippen LogP contribution is -2.66. The summed E-state index contributed by atoms with van der Waals surface area (Å²) in [6.07, 6.45) is -0.647. The maximum absolute atomic E-state index is 14.3. The highest BCUT2D eigenvalue weighted by molar-refractivity contribution is 5.77. The van der Waals surface area contributed by atoms with Gasteiger partial charge in [-0.2, -0.15) is 0 Å². The number of nitrogens with one attached hydrogen (secondary N) is 5. The molecule has 47 nitrogen and oxygen atoms in total. The van der Waals surface area contributed by atoms with E-state index in [1.165, 1.54) is 20.8 Å². The molecule has 0 radical (unpaired) electrons. The Morgan fingerprint density at radius 2 is 0.708 bits per heavy atom. The Balaban J connectivity index is 0.651. The highest BCUT2D eigenvalue weighted by atomic mass is 16.8. The number of benzene rings is 1. The van der Waals surface area contributed by atoms with Gasteiger partial charge in [-0.25, -0.2) is 14.0 Å². The minimum Gasteiger partial charge on any atom is -0.388 e. The first-order valence-electron chi connectivity index (χ1n) is 44.5. The van der Waals surface area contributed by atoms with Gasteiger partial charge in [-0.05, 0) is 31.2 Å². The predicted octanol–water partition coefficient (Wildman–Crippen LogP) is -4.03. The molecule has 6 saturated heterocycles. The second-order valence-electron chi connectivity index (χ2n) is 32.5. The fraction of sp³-hybridized carbons (Fsp3) is 0.795. The Morgan fingerprint density at radius 3 is 1.05 bits per heavy atom. The molecule has 1 aromatic carbocycles. The van der Waals surface area contributed by atoms with E-state index in [-0.39, 0.29) is 157 Å². The highest BCUT2D eigenvalue weighted by Crippen LogP contribution is 2.40. The zero-order valence-corrected chi connectivity index (χ0v) is 74.5. The zero-order chi connectivity index (χ0) is 92.1. The molecule has 130 heavy (non-hydrogen) atoms. The van der Waals surface area contributed by atoms with Gasteiger partial charge in [0, 0.05) is 46.8 Å². The number of unbranched alkanes of at least 4 members (excludes halogenated alkanes) is 4. The van der Waals surface area contributed by atoms with Crippen molar-refractivity contribution < 1.29 is 159 Å². The first-order valence-corrected chi connectivity index (χ1v) is 44.5. The molecular weight excluding hydrogens is 1720 g/mol. The maximum Gasteiger partial charge on any atom is 0.220 e. The Labute approximate surface area is 754 Å². The number of carbonyl (C=O) groups is 5. The van der Waals surface area contributed by atoms with E-state index in [2.05, 4.69) is 57.5 Å². The zero-order valence-electron chi connectivity index (χ0n) is 74.5. The fourth-order valence-corrected chi connectivity index (χ4v) is 14.9. The largest absolute Gasteiger partial charge is 0.388 e. The van der Waals surface area contributed by atoms with Crippen LogP contribution in [0.25, 0.3) is 0 Å². The third-order valence-corrected chi connectivity index (χ3v) is 21.7. The van der Waals surface area contributed by atoms with Crippen LogP contribution in [0.5, 0.6) is 0 Å². The van der Waals surface area contributed by atoms with Crippen LogP contribution in [0.1, 0.15) is 94.8 Å². The molecule has 6 bridgehead atoms. The molecular formula is C83H134N14O33. The van der Waals surface area contributed by atoms with Crippen LogP contribution in [0, 0.1) is 0 Å². The molecule has 4 aromatic rings. The topological polar surface area (TPSA) is 562 Å². The normalized spacial score (nSPS) is 25.1. The van der Waals surface area contributed by atoms with Crippen LogP contribution >= 0.6 is 0 Å². The van der Waals surface area contributed by atoms with Gasteiger partial charge in [0.2, 0.25) is 29.5 Å².